The zero-order chi connectivity index (χ0) is 17.8. The Morgan fingerprint density at radius 3 is 1.91 bits per heavy atom. The SMILES string of the molecule is [2H][C@@]1(OC(C)=O)[C@@H](COC(C)=O)O[C@@H](OC(C)=O)[C@@H]1OC(C)=O. The van der Waals surface area contributed by atoms with Crippen LogP contribution in [0.15, 0.2) is 0 Å². The van der Waals surface area contributed by atoms with E-state index >= 15 is 0 Å². The van der Waals surface area contributed by atoms with E-state index in [1.807, 2.05) is 0 Å². The third-order valence-electron chi connectivity index (χ3n) is 2.42. The fourth-order valence-corrected chi connectivity index (χ4v) is 1.77. The van der Waals surface area contributed by atoms with Crippen LogP contribution in [0, 0.1) is 0 Å². The molecule has 1 fully saturated rings. The van der Waals surface area contributed by atoms with E-state index in [-0.39, 0.29) is 0 Å². The van der Waals surface area contributed by atoms with Gasteiger partial charge in [-0.15, -0.1) is 0 Å². The van der Waals surface area contributed by atoms with Crippen LogP contribution in [0.3, 0.4) is 0 Å². The number of carbonyl (C=O) groups excluding carboxylic acids is 4. The summed E-state index contributed by atoms with van der Waals surface area (Å²) in [5.74, 6) is -3.06. The fraction of sp³-hybridized carbons (Fsp3) is 0.692. The first-order chi connectivity index (χ1) is 10.6. The molecule has 0 N–H and O–H groups in total. The summed E-state index contributed by atoms with van der Waals surface area (Å²) < 4.78 is 33.0. The molecule has 1 aliphatic rings. The normalized spacial score (nSPS) is 30.9. The van der Waals surface area contributed by atoms with Gasteiger partial charge < -0.3 is 23.7 Å². The third-order valence-corrected chi connectivity index (χ3v) is 2.42. The second-order valence-electron chi connectivity index (χ2n) is 4.43. The van der Waals surface area contributed by atoms with Gasteiger partial charge in [0, 0.05) is 27.7 Å². The van der Waals surface area contributed by atoms with Gasteiger partial charge in [-0.2, -0.15) is 0 Å². The maximum atomic E-state index is 11.3. The van der Waals surface area contributed by atoms with Crippen molar-refractivity contribution in [2.75, 3.05) is 6.61 Å². The first-order valence-corrected chi connectivity index (χ1v) is 6.39. The molecule has 1 rings (SSSR count). The Morgan fingerprint density at radius 2 is 1.45 bits per heavy atom. The topological polar surface area (TPSA) is 114 Å². The van der Waals surface area contributed by atoms with Crippen LogP contribution >= 0.6 is 0 Å². The molecule has 0 aliphatic carbocycles. The summed E-state index contributed by atoms with van der Waals surface area (Å²) in [6.45, 7) is 3.88. The van der Waals surface area contributed by atoms with E-state index in [1.165, 1.54) is 0 Å². The van der Waals surface area contributed by atoms with Crippen LogP contribution in [0.4, 0.5) is 0 Å². The molecule has 0 aromatic carbocycles. The van der Waals surface area contributed by atoms with Gasteiger partial charge in [0.05, 0.1) is 1.37 Å². The van der Waals surface area contributed by atoms with Gasteiger partial charge in [0.1, 0.15) is 12.7 Å². The van der Waals surface area contributed by atoms with E-state index in [2.05, 4.69) is 0 Å². The molecule has 4 atom stereocenters. The Kier molecular flexibility index (Phi) is 5.70. The van der Waals surface area contributed by atoms with E-state index in [0.717, 1.165) is 27.7 Å². The molecule has 1 heterocycles. The Balaban J connectivity index is 3.12. The van der Waals surface area contributed by atoms with Crippen molar-refractivity contribution in [3.8, 4) is 0 Å². The van der Waals surface area contributed by atoms with Crippen molar-refractivity contribution in [2.45, 2.75) is 52.3 Å². The van der Waals surface area contributed by atoms with Crippen molar-refractivity contribution >= 4 is 23.9 Å². The van der Waals surface area contributed by atoms with Gasteiger partial charge >= 0.3 is 23.9 Å². The lowest BCUT2D eigenvalue weighted by Gasteiger charge is -2.22. The number of carbonyl (C=O) groups is 4. The van der Waals surface area contributed by atoms with Gasteiger partial charge in [0.25, 0.3) is 0 Å². The lowest BCUT2D eigenvalue weighted by molar-refractivity contribution is -0.197. The monoisotopic (exact) mass is 319 g/mol. The predicted molar refractivity (Wildman–Crippen MR) is 68.2 cm³/mol. The van der Waals surface area contributed by atoms with Gasteiger partial charge in [0.15, 0.2) is 6.08 Å². The molecular weight excluding hydrogens is 300 g/mol. The van der Waals surface area contributed by atoms with Crippen molar-refractivity contribution < 1.29 is 44.2 Å². The van der Waals surface area contributed by atoms with E-state index < -0.39 is 55.1 Å². The number of esters is 4. The van der Waals surface area contributed by atoms with Crippen LogP contribution < -0.4 is 0 Å². The minimum absolute atomic E-state index is 0.457. The van der Waals surface area contributed by atoms with Crippen LogP contribution in [0.2, 0.25) is 0 Å². The van der Waals surface area contributed by atoms with Crippen molar-refractivity contribution in [3.05, 3.63) is 0 Å². The molecule has 0 spiro atoms. The highest BCUT2D eigenvalue weighted by atomic mass is 16.8. The van der Waals surface area contributed by atoms with E-state index in [1.54, 1.807) is 0 Å². The maximum absolute atomic E-state index is 11.3. The number of ether oxygens (including phenoxy) is 5. The largest absolute Gasteiger partial charge is 0.463 e. The zero-order valence-corrected chi connectivity index (χ0v) is 12.6. The average Bonchev–Trinajstić information content (AvgIpc) is 2.59. The summed E-state index contributed by atoms with van der Waals surface area (Å²) in [6, 6.07) is 0. The molecule has 1 saturated heterocycles. The van der Waals surface area contributed by atoms with Crippen molar-refractivity contribution in [1.29, 1.82) is 0 Å². The smallest absolute Gasteiger partial charge is 0.305 e. The Morgan fingerprint density at radius 1 is 0.909 bits per heavy atom. The summed E-state index contributed by atoms with van der Waals surface area (Å²) in [5, 5.41) is 0. The number of hydrogen-bond donors (Lipinski definition) is 0. The second-order valence-corrected chi connectivity index (χ2v) is 4.43. The van der Waals surface area contributed by atoms with E-state index in [4.69, 9.17) is 25.1 Å². The van der Waals surface area contributed by atoms with Gasteiger partial charge in [0.2, 0.25) is 12.4 Å². The molecule has 9 nitrogen and oxygen atoms in total. The number of hydrogen-bond acceptors (Lipinski definition) is 9. The van der Waals surface area contributed by atoms with Crippen LogP contribution in [0.5, 0.6) is 0 Å². The van der Waals surface area contributed by atoms with Crippen LogP contribution in [-0.2, 0) is 42.9 Å². The highest BCUT2D eigenvalue weighted by Gasteiger charge is 2.51. The average molecular weight is 319 g/mol. The summed E-state index contributed by atoms with van der Waals surface area (Å²) in [4.78, 5) is 44.6. The Bertz CT molecular complexity index is 506. The molecule has 1 aliphatic heterocycles. The molecule has 0 unspecified atom stereocenters. The molecule has 0 saturated carbocycles. The van der Waals surface area contributed by atoms with Crippen LogP contribution in [0.25, 0.3) is 0 Å². The quantitative estimate of drug-likeness (QED) is 0.497. The number of rotatable bonds is 5. The molecule has 0 aromatic rings. The van der Waals surface area contributed by atoms with Gasteiger partial charge in [-0.3, -0.25) is 19.2 Å². The second kappa shape index (κ2) is 7.74. The van der Waals surface area contributed by atoms with Crippen molar-refractivity contribution in [1.82, 2.24) is 0 Å². The summed E-state index contributed by atoms with van der Waals surface area (Å²) in [7, 11) is 0. The lowest BCUT2D eigenvalue weighted by Crippen LogP contribution is -2.42. The standard InChI is InChI=1S/C13H18O9/c1-6(14)18-5-10-11(19-7(2)15)12(20-8(3)16)13(22-10)21-9(4)17/h10-13H,5H2,1-4H3/t10-,11-,12-,13-/m1/s1/i11D. The molecule has 0 bridgehead atoms. The maximum Gasteiger partial charge on any atom is 0.305 e. The van der Waals surface area contributed by atoms with E-state index in [0.29, 0.717) is 0 Å². The zero-order valence-electron chi connectivity index (χ0n) is 13.6. The summed E-state index contributed by atoms with van der Waals surface area (Å²) >= 11 is 0. The highest BCUT2D eigenvalue weighted by Crippen LogP contribution is 2.28. The fourth-order valence-electron chi connectivity index (χ4n) is 1.77. The minimum Gasteiger partial charge on any atom is -0.463 e. The molecule has 9 heteroatoms. The molecule has 124 valence electrons. The Hall–Kier alpha value is -2.16. The highest BCUT2D eigenvalue weighted by molar-refractivity contribution is 5.68. The Labute approximate surface area is 128 Å². The third kappa shape index (κ3) is 5.32. The first kappa shape index (κ1) is 16.2. The van der Waals surface area contributed by atoms with Crippen LogP contribution in [-0.4, -0.2) is 55.1 Å². The lowest BCUT2D eigenvalue weighted by atomic mass is 10.1. The van der Waals surface area contributed by atoms with Crippen molar-refractivity contribution in [3.63, 3.8) is 0 Å². The van der Waals surface area contributed by atoms with E-state index in [9.17, 15) is 19.2 Å². The predicted octanol–water partition coefficient (Wildman–Crippen LogP) is -0.299. The van der Waals surface area contributed by atoms with Crippen molar-refractivity contribution in [2.24, 2.45) is 0 Å². The summed E-state index contributed by atoms with van der Waals surface area (Å²) in [6.07, 6.45) is -6.57. The molecule has 0 radical (unpaired) electrons. The first-order valence-electron chi connectivity index (χ1n) is 6.89. The van der Waals surface area contributed by atoms with Gasteiger partial charge in [-0.1, -0.05) is 0 Å². The van der Waals surface area contributed by atoms with Gasteiger partial charge in [-0.25, -0.2) is 0 Å². The van der Waals surface area contributed by atoms with Gasteiger partial charge in [-0.05, 0) is 0 Å². The molecule has 22 heavy (non-hydrogen) atoms. The minimum atomic E-state index is -2.24. The van der Waals surface area contributed by atoms with Crippen LogP contribution in [0.1, 0.15) is 29.1 Å². The molecule has 0 amide bonds. The summed E-state index contributed by atoms with van der Waals surface area (Å²) in [5.41, 5.74) is 0. The molecule has 0 aromatic heterocycles. The molecular formula is C13H18O9.